The maximum absolute atomic E-state index is 15.7. The smallest absolute Gasteiger partial charge is 0.330 e. The quantitative estimate of drug-likeness (QED) is 0.221. The number of nitrogens with one attached hydrogen (secondary N) is 2. The molecule has 0 bridgehead atoms. The van der Waals surface area contributed by atoms with Gasteiger partial charge >= 0.3 is 5.92 Å². The summed E-state index contributed by atoms with van der Waals surface area (Å²) in [7, 11) is 5.91. The van der Waals surface area contributed by atoms with E-state index in [1.54, 1.807) is 36.9 Å². The van der Waals surface area contributed by atoms with Crippen LogP contribution in [0.4, 0.5) is 18.9 Å². The molecule has 0 unspecified atom stereocenters. The zero-order valence-electron chi connectivity index (χ0n) is 31.4. The molecule has 2 aromatic carbocycles. The first-order valence-corrected chi connectivity index (χ1v) is 18.7. The van der Waals surface area contributed by atoms with Gasteiger partial charge in [-0.25, -0.2) is 4.39 Å². The number of likely N-dealkylation sites (N-methyl/N-ethyl adjacent to an activating group) is 1. The van der Waals surface area contributed by atoms with Crippen LogP contribution in [0.2, 0.25) is 0 Å². The van der Waals surface area contributed by atoms with Gasteiger partial charge in [0.05, 0.1) is 5.69 Å². The molecule has 0 aromatic heterocycles. The molecule has 2 fully saturated rings. The number of hydrogen-bond acceptors (Lipinski definition) is 6. The molecule has 2 aromatic rings. The van der Waals surface area contributed by atoms with E-state index in [4.69, 9.17) is 0 Å². The lowest BCUT2D eigenvalue weighted by Crippen LogP contribution is -2.55. The fourth-order valence-electron chi connectivity index (χ4n) is 7.21. The second-order valence-corrected chi connectivity index (χ2v) is 14.9. The molecule has 0 radical (unpaired) electrons. The number of piperazine rings is 1. The van der Waals surface area contributed by atoms with Gasteiger partial charge in [-0.2, -0.15) is 8.78 Å². The molecule has 1 aliphatic carbocycles. The minimum atomic E-state index is -3.79. The lowest BCUT2D eigenvalue weighted by molar-refractivity contribution is -0.147. The zero-order valence-corrected chi connectivity index (χ0v) is 31.4. The first kappa shape index (κ1) is 41.0. The number of carbonyl (C=O) groups excluding carboxylic acids is 4. The summed E-state index contributed by atoms with van der Waals surface area (Å²) in [5.41, 5.74) is 0.790. The molecule has 1 aliphatic heterocycles. The van der Waals surface area contributed by atoms with Gasteiger partial charge in [-0.15, -0.1) is 0 Å². The Labute approximate surface area is 306 Å². The summed E-state index contributed by atoms with van der Waals surface area (Å²) >= 11 is 0. The van der Waals surface area contributed by atoms with Crippen LogP contribution >= 0.6 is 0 Å². The summed E-state index contributed by atoms with van der Waals surface area (Å²) in [5.74, 6) is -9.06. The van der Waals surface area contributed by atoms with Crippen LogP contribution in [0.1, 0.15) is 87.8 Å². The molecule has 12 heteroatoms. The van der Waals surface area contributed by atoms with E-state index in [-0.39, 0.29) is 29.8 Å². The topological polar surface area (TPSA) is 102 Å². The number of Topliss-reactive ketones (excluding diaryl/α,β-unsaturated/α-hetero) is 1. The van der Waals surface area contributed by atoms with E-state index >= 15 is 13.2 Å². The molecule has 52 heavy (non-hydrogen) atoms. The molecule has 286 valence electrons. The van der Waals surface area contributed by atoms with Gasteiger partial charge in [-0.1, -0.05) is 63.4 Å². The highest BCUT2D eigenvalue weighted by Crippen LogP contribution is 2.38. The molecule has 9 nitrogen and oxygen atoms in total. The van der Waals surface area contributed by atoms with Gasteiger partial charge in [0.2, 0.25) is 23.5 Å². The van der Waals surface area contributed by atoms with Crippen LogP contribution in [-0.4, -0.2) is 98.1 Å². The molecule has 2 N–H and O–H groups in total. The van der Waals surface area contributed by atoms with Crippen LogP contribution in [-0.2, 0) is 31.5 Å². The third-order valence-corrected chi connectivity index (χ3v) is 10.7. The van der Waals surface area contributed by atoms with E-state index in [9.17, 15) is 19.2 Å². The van der Waals surface area contributed by atoms with Gasteiger partial charge in [0, 0.05) is 56.4 Å². The molecular weight excluding hydrogens is 671 g/mol. The Bertz CT molecular complexity index is 1520. The number of alkyl halides is 2. The molecule has 4 rings (SSSR count). The largest absolute Gasteiger partial charge is 0.344 e. The zero-order chi connectivity index (χ0) is 38.0. The van der Waals surface area contributed by atoms with Crippen molar-refractivity contribution in [3.63, 3.8) is 0 Å². The molecule has 1 heterocycles. The predicted molar refractivity (Wildman–Crippen MR) is 197 cm³/mol. The Hall–Kier alpha value is -3.77. The van der Waals surface area contributed by atoms with Gasteiger partial charge in [-0.3, -0.25) is 19.2 Å². The first-order valence-electron chi connectivity index (χ1n) is 18.7. The number of ketones is 1. The van der Waals surface area contributed by atoms with Crippen molar-refractivity contribution in [3.8, 4) is 0 Å². The average molecular weight is 728 g/mol. The Morgan fingerprint density at radius 3 is 2.21 bits per heavy atom. The van der Waals surface area contributed by atoms with Crippen molar-refractivity contribution in [2.45, 2.75) is 89.5 Å². The summed E-state index contributed by atoms with van der Waals surface area (Å²) in [6.07, 6.45) is 4.93. The van der Waals surface area contributed by atoms with Crippen LogP contribution in [0.5, 0.6) is 0 Å². The number of rotatable bonds is 16. The van der Waals surface area contributed by atoms with Crippen LogP contribution in [0.15, 0.2) is 42.5 Å². The third kappa shape index (κ3) is 10.9. The molecule has 1 saturated heterocycles. The van der Waals surface area contributed by atoms with Crippen molar-refractivity contribution in [1.82, 2.24) is 20.0 Å². The fourth-order valence-corrected chi connectivity index (χ4v) is 7.21. The number of halogens is 3. The lowest BCUT2D eigenvalue weighted by atomic mass is 9.76. The van der Waals surface area contributed by atoms with Gasteiger partial charge in [0.1, 0.15) is 11.9 Å². The van der Waals surface area contributed by atoms with E-state index < -0.39 is 53.3 Å². The highest BCUT2D eigenvalue weighted by atomic mass is 19.3. The summed E-state index contributed by atoms with van der Waals surface area (Å²) in [4.78, 5) is 58.9. The standard InChI is InChI=1S/C40H56F3N5O4/c1-6-36(50)45-37(39(52)48-23-21-47(5)22-24-48)27(2)30-16-19-34(33(41)25-30)44-38(51)32(29-12-8-7-9-13-29)26-35(49)40(42,43)31-17-14-28(15-18-31)11-10-20-46(3)4/h14-19,25,27,29,32,37H,6-13,20-24,26H2,1-5H3,(H,44,51)(H,45,50)/t27-,32-,37+/m0/s1. The SMILES string of the molecule is CCC(=O)N[C@@H](C(=O)N1CCN(C)CC1)[C@@H](C)c1ccc(NC(=O)[C@@H](CC(=O)C(F)(F)c2ccc(CCCN(C)C)cc2)C2CCCCC2)c(F)c1. The van der Waals surface area contributed by atoms with E-state index in [1.165, 1.54) is 24.3 Å². The molecule has 0 spiro atoms. The Balaban J connectivity index is 1.49. The number of amides is 3. The third-order valence-electron chi connectivity index (χ3n) is 10.7. The fraction of sp³-hybridized carbons (Fsp3) is 0.600. The number of benzene rings is 2. The molecular formula is C40H56F3N5O4. The van der Waals surface area contributed by atoms with Crippen molar-refractivity contribution in [2.24, 2.45) is 11.8 Å². The van der Waals surface area contributed by atoms with Gasteiger partial charge in [0.25, 0.3) is 0 Å². The second-order valence-electron chi connectivity index (χ2n) is 14.9. The van der Waals surface area contributed by atoms with Crippen molar-refractivity contribution < 1.29 is 32.3 Å². The normalized spacial score (nSPS) is 17.8. The maximum Gasteiger partial charge on any atom is 0.330 e. The number of carbonyl (C=O) groups is 4. The van der Waals surface area contributed by atoms with Gasteiger partial charge < -0.3 is 25.3 Å². The molecule has 1 saturated carbocycles. The number of nitrogens with zero attached hydrogens (tertiary/aromatic N) is 3. The molecule has 3 amide bonds. The second kappa shape index (κ2) is 18.8. The van der Waals surface area contributed by atoms with Crippen molar-refractivity contribution in [3.05, 3.63) is 65.0 Å². The predicted octanol–water partition coefficient (Wildman–Crippen LogP) is 5.98. The number of hydrogen-bond donors (Lipinski definition) is 2. The molecule has 2 aliphatic rings. The van der Waals surface area contributed by atoms with Gasteiger partial charge in [-0.05, 0) is 82.5 Å². The average Bonchev–Trinajstić information content (AvgIpc) is 3.13. The van der Waals surface area contributed by atoms with Crippen LogP contribution in [0, 0.1) is 17.7 Å². The van der Waals surface area contributed by atoms with Crippen molar-refractivity contribution >= 4 is 29.2 Å². The highest BCUT2D eigenvalue weighted by molar-refractivity contribution is 5.97. The minimum Gasteiger partial charge on any atom is -0.344 e. The summed E-state index contributed by atoms with van der Waals surface area (Å²) in [5, 5.41) is 5.41. The summed E-state index contributed by atoms with van der Waals surface area (Å²) < 4.78 is 46.9. The van der Waals surface area contributed by atoms with E-state index in [0.717, 1.165) is 44.2 Å². The van der Waals surface area contributed by atoms with Crippen LogP contribution < -0.4 is 10.6 Å². The van der Waals surface area contributed by atoms with Crippen molar-refractivity contribution in [1.29, 1.82) is 0 Å². The number of anilines is 1. The van der Waals surface area contributed by atoms with Crippen LogP contribution in [0.25, 0.3) is 0 Å². The van der Waals surface area contributed by atoms with Crippen molar-refractivity contribution in [2.75, 3.05) is 59.2 Å². The molecule has 3 atom stereocenters. The Morgan fingerprint density at radius 1 is 0.962 bits per heavy atom. The minimum absolute atomic E-state index is 0.148. The van der Waals surface area contributed by atoms with E-state index in [1.807, 2.05) is 21.1 Å². The monoisotopic (exact) mass is 727 g/mol. The lowest BCUT2D eigenvalue weighted by Gasteiger charge is -2.36. The highest BCUT2D eigenvalue weighted by Gasteiger charge is 2.44. The summed E-state index contributed by atoms with van der Waals surface area (Å²) in [6, 6.07) is 9.08. The van der Waals surface area contributed by atoms with E-state index in [0.29, 0.717) is 44.6 Å². The van der Waals surface area contributed by atoms with E-state index in [2.05, 4.69) is 20.4 Å². The summed E-state index contributed by atoms with van der Waals surface area (Å²) in [6.45, 7) is 6.73. The Kier molecular flexibility index (Phi) is 14.8. The van der Waals surface area contributed by atoms with Crippen LogP contribution in [0.3, 0.4) is 0 Å². The number of aryl methyl sites for hydroxylation is 1. The Morgan fingerprint density at radius 2 is 1.62 bits per heavy atom. The van der Waals surface area contributed by atoms with Gasteiger partial charge in [0.15, 0.2) is 0 Å². The maximum atomic E-state index is 15.7. The first-order chi connectivity index (χ1) is 24.7.